The first-order valence-electron chi connectivity index (χ1n) is 10.1. The number of amides is 2. The van der Waals surface area contributed by atoms with Gasteiger partial charge in [-0.25, -0.2) is 0 Å². The molecule has 0 aliphatic carbocycles. The number of rotatable bonds is 1. The van der Waals surface area contributed by atoms with Gasteiger partial charge < -0.3 is 13.9 Å². The maximum absolute atomic E-state index is 13.0. The molecule has 0 radical (unpaired) electrons. The van der Waals surface area contributed by atoms with Crippen molar-refractivity contribution in [3.63, 3.8) is 0 Å². The molecule has 2 aliphatic heterocycles. The van der Waals surface area contributed by atoms with Crippen molar-refractivity contribution in [2.45, 2.75) is 19.2 Å². The molecule has 4 heterocycles. The Bertz CT molecular complexity index is 1600. The minimum Gasteiger partial charge on any atom is -0.361 e. The number of hydrogen-bond acceptors (Lipinski definition) is 3. The number of para-hydroxylation sites is 2. The van der Waals surface area contributed by atoms with E-state index in [2.05, 4.69) is 26.6 Å². The topological polar surface area (TPSA) is 65.3 Å². The molecular weight excluding hydrogens is 378 g/mol. The van der Waals surface area contributed by atoms with Crippen LogP contribution >= 0.6 is 0 Å². The Morgan fingerprint density at radius 1 is 0.867 bits per heavy atom. The van der Waals surface area contributed by atoms with Crippen molar-refractivity contribution in [2.24, 2.45) is 0 Å². The third kappa shape index (κ3) is 1.66. The summed E-state index contributed by atoms with van der Waals surface area (Å²) in [5.41, 5.74) is 5.04. The molecule has 1 unspecified atom stereocenters. The third-order valence-corrected chi connectivity index (χ3v) is 6.70. The summed E-state index contributed by atoms with van der Waals surface area (Å²) in [5.74, 6) is -0.640. The van der Waals surface area contributed by atoms with Gasteiger partial charge in [0.25, 0.3) is 11.8 Å². The molecule has 6 heteroatoms. The van der Waals surface area contributed by atoms with E-state index in [0.717, 1.165) is 56.6 Å². The molecule has 1 N–H and O–H groups in total. The SMILES string of the molecule is COC1CCn2c3ccccc3c3c4c(c5c6ccccc6n1c5c32)C(=O)NC4=O. The zero-order valence-corrected chi connectivity index (χ0v) is 16.2. The molecule has 0 saturated carbocycles. The van der Waals surface area contributed by atoms with Crippen molar-refractivity contribution in [1.82, 2.24) is 14.5 Å². The second kappa shape index (κ2) is 5.29. The number of benzene rings is 3. The highest BCUT2D eigenvalue weighted by atomic mass is 16.5. The standard InChI is InChI=1S/C24H17N3O3/c1-30-16-10-11-26-14-8-4-2-6-12(14)17-19-20(24(29)25-23(19)28)18-13-7-3-5-9-15(13)27(16)22(18)21(17)26/h2-9,16H,10-11H2,1H3,(H,25,28,29). The van der Waals surface area contributed by atoms with Gasteiger partial charge in [0.15, 0.2) is 0 Å². The summed E-state index contributed by atoms with van der Waals surface area (Å²) < 4.78 is 10.4. The number of carbonyl (C=O) groups excluding carboxylic acids is 2. The molecule has 2 aromatic heterocycles. The van der Waals surface area contributed by atoms with Crippen molar-refractivity contribution in [3.8, 4) is 0 Å². The number of aryl methyl sites for hydroxylation is 1. The maximum atomic E-state index is 13.0. The predicted molar refractivity (Wildman–Crippen MR) is 115 cm³/mol. The van der Waals surface area contributed by atoms with Gasteiger partial charge in [0.2, 0.25) is 0 Å². The molecule has 2 aliphatic rings. The number of ether oxygens (including phenoxy) is 1. The van der Waals surface area contributed by atoms with Crippen molar-refractivity contribution in [1.29, 1.82) is 0 Å². The van der Waals surface area contributed by atoms with E-state index in [1.807, 2.05) is 36.4 Å². The minimum atomic E-state index is -0.324. The number of nitrogens with one attached hydrogen (secondary N) is 1. The van der Waals surface area contributed by atoms with Gasteiger partial charge in [0.1, 0.15) is 6.23 Å². The van der Waals surface area contributed by atoms with E-state index < -0.39 is 0 Å². The lowest BCUT2D eigenvalue weighted by molar-refractivity contribution is 0.0421. The quantitative estimate of drug-likeness (QED) is 0.430. The van der Waals surface area contributed by atoms with Crippen LogP contribution in [0.2, 0.25) is 0 Å². The van der Waals surface area contributed by atoms with Gasteiger partial charge in [-0.05, 0) is 12.1 Å². The molecule has 0 saturated heterocycles. The van der Waals surface area contributed by atoms with Crippen molar-refractivity contribution < 1.29 is 14.3 Å². The average Bonchev–Trinajstić information content (AvgIpc) is 3.32. The van der Waals surface area contributed by atoms with Crippen LogP contribution < -0.4 is 5.32 Å². The van der Waals surface area contributed by atoms with E-state index in [0.29, 0.717) is 11.1 Å². The molecule has 0 spiro atoms. The van der Waals surface area contributed by atoms with E-state index in [1.54, 1.807) is 7.11 Å². The summed E-state index contributed by atoms with van der Waals surface area (Å²) in [6, 6.07) is 16.2. The Balaban J connectivity index is 1.92. The normalized spacial score (nSPS) is 18.1. The van der Waals surface area contributed by atoms with E-state index in [-0.39, 0.29) is 18.0 Å². The van der Waals surface area contributed by atoms with Gasteiger partial charge in [-0.2, -0.15) is 0 Å². The largest absolute Gasteiger partial charge is 0.361 e. The zero-order valence-electron chi connectivity index (χ0n) is 16.2. The first kappa shape index (κ1) is 16.2. The smallest absolute Gasteiger partial charge is 0.259 e. The first-order chi connectivity index (χ1) is 14.7. The summed E-state index contributed by atoms with van der Waals surface area (Å²) in [6.07, 6.45) is 0.629. The molecule has 7 rings (SSSR count). The van der Waals surface area contributed by atoms with Crippen LogP contribution in [0.3, 0.4) is 0 Å². The van der Waals surface area contributed by atoms with Crippen molar-refractivity contribution >= 4 is 55.4 Å². The second-order valence-electron chi connectivity index (χ2n) is 8.02. The highest BCUT2D eigenvalue weighted by Crippen LogP contribution is 2.47. The van der Waals surface area contributed by atoms with Gasteiger partial charge in [-0.1, -0.05) is 36.4 Å². The van der Waals surface area contributed by atoms with Gasteiger partial charge in [-0.3, -0.25) is 14.9 Å². The number of methoxy groups -OCH3 is 1. The molecule has 5 aromatic rings. The number of imide groups is 1. The Kier molecular flexibility index (Phi) is 2.85. The lowest BCUT2D eigenvalue weighted by Gasteiger charge is -2.18. The zero-order chi connectivity index (χ0) is 20.1. The fraction of sp³-hybridized carbons (Fsp3) is 0.167. The number of nitrogens with zero attached hydrogens (tertiary/aromatic N) is 2. The fourth-order valence-corrected chi connectivity index (χ4v) is 5.61. The number of carbonyl (C=O) groups is 2. The van der Waals surface area contributed by atoms with Crippen LogP contribution in [-0.4, -0.2) is 28.1 Å². The Labute approximate surface area is 170 Å². The fourth-order valence-electron chi connectivity index (χ4n) is 5.61. The molecule has 1 atom stereocenters. The highest BCUT2D eigenvalue weighted by molar-refractivity contribution is 6.39. The molecule has 0 bridgehead atoms. The maximum Gasteiger partial charge on any atom is 0.259 e. The number of aromatic nitrogens is 2. The Morgan fingerprint density at radius 3 is 2.17 bits per heavy atom. The summed E-state index contributed by atoms with van der Waals surface area (Å²) in [7, 11) is 1.73. The second-order valence-corrected chi connectivity index (χ2v) is 8.02. The monoisotopic (exact) mass is 395 g/mol. The first-order valence-corrected chi connectivity index (χ1v) is 10.1. The molecule has 3 aromatic carbocycles. The van der Waals surface area contributed by atoms with Crippen LogP contribution in [0.5, 0.6) is 0 Å². The van der Waals surface area contributed by atoms with Crippen LogP contribution in [0.15, 0.2) is 48.5 Å². The van der Waals surface area contributed by atoms with Crippen LogP contribution in [0.25, 0.3) is 43.6 Å². The minimum absolute atomic E-state index is 0.160. The van der Waals surface area contributed by atoms with Crippen molar-refractivity contribution in [2.75, 3.05) is 7.11 Å². The average molecular weight is 395 g/mol. The lowest BCUT2D eigenvalue weighted by Crippen LogP contribution is -2.20. The van der Waals surface area contributed by atoms with Crippen LogP contribution in [0.1, 0.15) is 33.4 Å². The third-order valence-electron chi connectivity index (χ3n) is 6.70. The molecule has 0 fully saturated rings. The van der Waals surface area contributed by atoms with Crippen LogP contribution in [0.4, 0.5) is 0 Å². The molecule has 30 heavy (non-hydrogen) atoms. The summed E-state index contributed by atoms with van der Waals surface area (Å²) in [6.45, 7) is 0.766. The molecule has 146 valence electrons. The summed E-state index contributed by atoms with van der Waals surface area (Å²) in [4.78, 5) is 26.0. The van der Waals surface area contributed by atoms with E-state index in [1.165, 1.54) is 0 Å². The van der Waals surface area contributed by atoms with Gasteiger partial charge in [0.05, 0.1) is 27.7 Å². The Hall–Kier alpha value is -3.64. The van der Waals surface area contributed by atoms with Gasteiger partial charge in [-0.15, -0.1) is 0 Å². The number of hydrogen-bond donors (Lipinski definition) is 1. The molecule has 6 nitrogen and oxygen atoms in total. The summed E-state index contributed by atoms with van der Waals surface area (Å²) in [5, 5.41) is 6.22. The van der Waals surface area contributed by atoms with Crippen LogP contribution in [-0.2, 0) is 11.3 Å². The van der Waals surface area contributed by atoms with Crippen molar-refractivity contribution in [3.05, 3.63) is 59.7 Å². The highest BCUT2D eigenvalue weighted by Gasteiger charge is 2.38. The van der Waals surface area contributed by atoms with Gasteiger partial charge >= 0.3 is 0 Å². The van der Waals surface area contributed by atoms with Crippen LogP contribution in [0, 0.1) is 0 Å². The summed E-state index contributed by atoms with van der Waals surface area (Å²) >= 11 is 0. The van der Waals surface area contributed by atoms with E-state index >= 15 is 0 Å². The van der Waals surface area contributed by atoms with E-state index in [9.17, 15) is 9.59 Å². The number of fused-ring (bicyclic) bond motifs is 9. The molecule has 2 amide bonds. The van der Waals surface area contributed by atoms with Gasteiger partial charge in [0, 0.05) is 47.1 Å². The van der Waals surface area contributed by atoms with E-state index in [4.69, 9.17) is 4.74 Å². The molecular formula is C24H17N3O3. The predicted octanol–water partition coefficient (Wildman–Crippen LogP) is 4.33. The Morgan fingerprint density at radius 2 is 1.47 bits per heavy atom. The lowest BCUT2D eigenvalue weighted by atomic mass is 9.96.